The van der Waals surface area contributed by atoms with Crippen molar-refractivity contribution in [3.63, 3.8) is 0 Å². The highest BCUT2D eigenvalue weighted by atomic mass is 16.5. The normalized spacial score (nSPS) is 15.2. The SMILES string of the molecule is C=C(C)CNC(=NCc1ccc(COC2CCOCC2)cc1)NCCc1ccco1. The molecule has 0 saturated carbocycles. The Morgan fingerprint density at radius 2 is 1.90 bits per heavy atom. The highest BCUT2D eigenvalue weighted by molar-refractivity contribution is 5.80. The summed E-state index contributed by atoms with van der Waals surface area (Å²) in [6.07, 6.45) is 4.79. The van der Waals surface area contributed by atoms with E-state index >= 15 is 0 Å². The van der Waals surface area contributed by atoms with Gasteiger partial charge < -0.3 is 24.5 Å². The van der Waals surface area contributed by atoms with Crippen molar-refractivity contribution in [2.45, 2.75) is 45.4 Å². The molecule has 2 heterocycles. The summed E-state index contributed by atoms with van der Waals surface area (Å²) in [6.45, 7) is 10.2. The Bertz CT molecular complexity index is 779. The van der Waals surface area contributed by atoms with Crippen LogP contribution in [0.2, 0.25) is 0 Å². The maximum absolute atomic E-state index is 5.99. The minimum Gasteiger partial charge on any atom is -0.469 e. The molecule has 1 saturated heterocycles. The number of aliphatic imine (C=N–C) groups is 1. The molecule has 162 valence electrons. The predicted octanol–water partition coefficient (Wildman–Crippen LogP) is 3.83. The van der Waals surface area contributed by atoms with Gasteiger partial charge in [0.25, 0.3) is 0 Å². The number of nitrogens with zero attached hydrogens (tertiary/aromatic N) is 1. The lowest BCUT2D eigenvalue weighted by molar-refractivity contribution is -0.0390. The zero-order chi connectivity index (χ0) is 21.0. The molecule has 0 aliphatic carbocycles. The van der Waals surface area contributed by atoms with Crippen molar-refractivity contribution in [2.75, 3.05) is 26.3 Å². The lowest BCUT2D eigenvalue weighted by Crippen LogP contribution is -2.39. The third-order valence-corrected chi connectivity index (χ3v) is 4.90. The van der Waals surface area contributed by atoms with Crippen molar-refractivity contribution in [2.24, 2.45) is 4.99 Å². The predicted molar refractivity (Wildman–Crippen MR) is 119 cm³/mol. The van der Waals surface area contributed by atoms with Crippen LogP contribution in [0.4, 0.5) is 0 Å². The first kappa shape index (κ1) is 22.1. The highest BCUT2D eigenvalue weighted by Gasteiger charge is 2.13. The smallest absolute Gasteiger partial charge is 0.191 e. The fraction of sp³-hybridized carbons (Fsp3) is 0.458. The van der Waals surface area contributed by atoms with Crippen LogP contribution in [0, 0.1) is 0 Å². The highest BCUT2D eigenvalue weighted by Crippen LogP contribution is 2.14. The van der Waals surface area contributed by atoms with Crippen LogP contribution >= 0.6 is 0 Å². The summed E-state index contributed by atoms with van der Waals surface area (Å²) in [5.74, 6) is 1.73. The van der Waals surface area contributed by atoms with Gasteiger partial charge in [-0.3, -0.25) is 0 Å². The van der Waals surface area contributed by atoms with Gasteiger partial charge in [-0.05, 0) is 43.0 Å². The van der Waals surface area contributed by atoms with Gasteiger partial charge in [-0.25, -0.2) is 4.99 Å². The van der Waals surface area contributed by atoms with Gasteiger partial charge in [0.05, 0.1) is 25.5 Å². The van der Waals surface area contributed by atoms with Crippen LogP contribution < -0.4 is 10.6 Å². The van der Waals surface area contributed by atoms with Gasteiger partial charge >= 0.3 is 0 Å². The topological polar surface area (TPSA) is 68.0 Å². The van der Waals surface area contributed by atoms with E-state index < -0.39 is 0 Å². The second-order valence-corrected chi connectivity index (χ2v) is 7.67. The minimum atomic E-state index is 0.317. The van der Waals surface area contributed by atoms with Gasteiger partial charge in [-0.15, -0.1) is 0 Å². The van der Waals surface area contributed by atoms with Crippen molar-refractivity contribution < 1.29 is 13.9 Å². The molecule has 1 aliphatic rings. The molecule has 0 atom stereocenters. The first-order valence-corrected chi connectivity index (χ1v) is 10.6. The molecule has 1 aromatic carbocycles. The van der Waals surface area contributed by atoms with Crippen molar-refractivity contribution in [3.05, 3.63) is 71.7 Å². The van der Waals surface area contributed by atoms with E-state index in [2.05, 4.69) is 41.5 Å². The third kappa shape index (κ3) is 8.05. The number of furan rings is 1. The molecule has 6 heteroatoms. The summed E-state index contributed by atoms with van der Waals surface area (Å²) in [6, 6.07) is 12.4. The molecular formula is C24H33N3O3. The molecule has 2 aromatic rings. The molecular weight excluding hydrogens is 378 g/mol. The largest absolute Gasteiger partial charge is 0.469 e. The van der Waals surface area contributed by atoms with E-state index in [1.54, 1.807) is 6.26 Å². The van der Waals surface area contributed by atoms with Crippen LogP contribution in [0.5, 0.6) is 0 Å². The number of ether oxygens (including phenoxy) is 2. The van der Waals surface area contributed by atoms with Crippen molar-refractivity contribution in [1.82, 2.24) is 10.6 Å². The summed E-state index contributed by atoms with van der Waals surface area (Å²) >= 11 is 0. The summed E-state index contributed by atoms with van der Waals surface area (Å²) in [5, 5.41) is 6.68. The average molecular weight is 412 g/mol. The van der Waals surface area contributed by atoms with Crippen LogP contribution in [0.25, 0.3) is 0 Å². The van der Waals surface area contributed by atoms with Gasteiger partial charge in [0, 0.05) is 32.7 Å². The van der Waals surface area contributed by atoms with Crippen LogP contribution in [0.1, 0.15) is 36.7 Å². The number of guanidine groups is 1. The van der Waals surface area contributed by atoms with E-state index in [1.807, 2.05) is 19.1 Å². The lowest BCUT2D eigenvalue weighted by atomic mass is 10.1. The number of rotatable bonds is 10. The number of benzene rings is 1. The Labute approximate surface area is 179 Å². The lowest BCUT2D eigenvalue weighted by Gasteiger charge is -2.22. The Balaban J connectivity index is 1.47. The Morgan fingerprint density at radius 1 is 1.13 bits per heavy atom. The molecule has 1 fully saturated rings. The number of hydrogen-bond acceptors (Lipinski definition) is 4. The minimum absolute atomic E-state index is 0.317. The zero-order valence-electron chi connectivity index (χ0n) is 17.9. The Morgan fingerprint density at radius 3 is 2.60 bits per heavy atom. The molecule has 6 nitrogen and oxygen atoms in total. The summed E-state index contributed by atoms with van der Waals surface area (Å²) in [4.78, 5) is 4.71. The maximum Gasteiger partial charge on any atom is 0.191 e. The fourth-order valence-electron chi connectivity index (χ4n) is 3.14. The van der Waals surface area contributed by atoms with Gasteiger partial charge in [0.15, 0.2) is 5.96 Å². The Kier molecular flexibility index (Phi) is 9.00. The van der Waals surface area contributed by atoms with Crippen molar-refractivity contribution in [1.29, 1.82) is 0 Å². The summed E-state index contributed by atoms with van der Waals surface area (Å²) in [7, 11) is 0. The van der Waals surface area contributed by atoms with E-state index in [4.69, 9.17) is 18.9 Å². The molecule has 0 amide bonds. The first-order chi connectivity index (χ1) is 14.7. The number of hydrogen-bond donors (Lipinski definition) is 2. The third-order valence-electron chi connectivity index (χ3n) is 4.90. The molecule has 0 spiro atoms. The van der Waals surface area contributed by atoms with E-state index in [-0.39, 0.29) is 0 Å². The van der Waals surface area contributed by atoms with Crippen LogP contribution in [-0.4, -0.2) is 38.4 Å². The molecule has 0 unspecified atom stereocenters. The quantitative estimate of drug-likeness (QED) is 0.353. The standard InChI is InChI=1S/C24H33N3O3/c1-19(2)16-26-24(25-12-9-22-4-3-13-29-22)27-17-20-5-7-21(8-6-20)18-30-23-10-14-28-15-11-23/h3-8,13,23H,1,9-12,14-18H2,2H3,(H2,25,26,27). The first-order valence-electron chi connectivity index (χ1n) is 10.6. The van der Waals surface area contributed by atoms with Gasteiger partial charge in [-0.2, -0.15) is 0 Å². The van der Waals surface area contributed by atoms with E-state index in [1.165, 1.54) is 5.56 Å². The molecule has 0 bridgehead atoms. The summed E-state index contributed by atoms with van der Waals surface area (Å²) < 4.78 is 16.7. The zero-order valence-corrected chi connectivity index (χ0v) is 17.9. The summed E-state index contributed by atoms with van der Waals surface area (Å²) in [5.41, 5.74) is 3.41. The molecule has 1 aromatic heterocycles. The molecule has 30 heavy (non-hydrogen) atoms. The maximum atomic E-state index is 5.99. The van der Waals surface area contributed by atoms with E-state index in [0.717, 1.165) is 61.9 Å². The van der Waals surface area contributed by atoms with E-state index in [9.17, 15) is 0 Å². The monoisotopic (exact) mass is 411 g/mol. The van der Waals surface area contributed by atoms with E-state index in [0.29, 0.717) is 25.8 Å². The van der Waals surface area contributed by atoms with Crippen molar-refractivity contribution in [3.8, 4) is 0 Å². The van der Waals surface area contributed by atoms with Gasteiger partial charge in [0.1, 0.15) is 5.76 Å². The fourth-order valence-corrected chi connectivity index (χ4v) is 3.14. The molecule has 1 aliphatic heterocycles. The second kappa shape index (κ2) is 12.2. The Hall–Kier alpha value is -2.57. The van der Waals surface area contributed by atoms with Gasteiger partial charge in [0.2, 0.25) is 0 Å². The van der Waals surface area contributed by atoms with Crippen LogP contribution in [0.3, 0.4) is 0 Å². The van der Waals surface area contributed by atoms with Crippen LogP contribution in [0.15, 0.2) is 64.2 Å². The molecule has 3 rings (SSSR count). The second-order valence-electron chi connectivity index (χ2n) is 7.67. The van der Waals surface area contributed by atoms with Gasteiger partial charge in [-0.1, -0.05) is 36.4 Å². The van der Waals surface area contributed by atoms with Crippen molar-refractivity contribution >= 4 is 5.96 Å². The number of nitrogens with one attached hydrogen (secondary N) is 2. The molecule has 0 radical (unpaired) electrons. The average Bonchev–Trinajstić information content (AvgIpc) is 3.29. The molecule has 2 N–H and O–H groups in total. The van der Waals surface area contributed by atoms with Crippen LogP contribution in [-0.2, 0) is 29.0 Å².